The number of rotatable bonds is 15. The number of nitrogens with zero attached hydrogens (tertiary/aromatic N) is 1. The quantitative estimate of drug-likeness (QED) is 0.0602. The van der Waals surface area contributed by atoms with Crippen molar-refractivity contribution < 1.29 is 67.4 Å². The maximum absolute atomic E-state index is 15.9. The van der Waals surface area contributed by atoms with Crippen LogP contribution < -0.4 is 53.0 Å². The van der Waals surface area contributed by atoms with Gasteiger partial charge in [0.2, 0.25) is 58.8 Å². The molecule has 1 aromatic heterocycles. The number of nitrogens with one attached hydrogen (secondary N) is 9. The molecule has 25 nitrogen and oxygen atoms in total. The number of carbonyl (C=O) groups excluding carboxylic acids is 9. The van der Waals surface area contributed by atoms with Gasteiger partial charge >= 0.3 is 0 Å². The van der Waals surface area contributed by atoms with Crippen molar-refractivity contribution in [3.05, 3.63) is 23.8 Å². The minimum atomic E-state index is -2.38. The number of ether oxygens (including phenoxy) is 1. The number of aliphatic hydroxyl groups is 3. The van der Waals surface area contributed by atoms with E-state index in [9.17, 15) is 53.1 Å². The minimum absolute atomic E-state index is 0.0202. The van der Waals surface area contributed by atoms with Gasteiger partial charge in [-0.2, -0.15) is 0 Å². The Morgan fingerprint density at radius 3 is 2.27 bits per heavy atom. The lowest BCUT2D eigenvalue weighted by molar-refractivity contribution is -0.165. The van der Waals surface area contributed by atoms with E-state index in [1.807, 2.05) is 13.8 Å². The average molecular weight is 1110 g/mol. The second-order valence-electron chi connectivity index (χ2n) is 19.5. The Hall–Kier alpha value is -5.36. The van der Waals surface area contributed by atoms with Gasteiger partial charge in [0.25, 0.3) is 0 Å². The van der Waals surface area contributed by atoms with Crippen LogP contribution in [-0.2, 0) is 60.4 Å². The molecular formula is C47H69N11O14S3. The van der Waals surface area contributed by atoms with Crippen LogP contribution in [0.2, 0.25) is 0 Å². The van der Waals surface area contributed by atoms with Crippen LogP contribution in [-0.4, -0.2) is 193 Å². The molecule has 7 rings (SSSR count). The van der Waals surface area contributed by atoms with E-state index in [0.717, 1.165) is 0 Å². The van der Waals surface area contributed by atoms with E-state index in [4.69, 9.17) is 10.5 Å². The zero-order valence-corrected chi connectivity index (χ0v) is 44.8. The third kappa shape index (κ3) is 14.4. The summed E-state index contributed by atoms with van der Waals surface area (Å²) in [5.41, 5.74) is 3.76. The maximum atomic E-state index is 15.9. The number of primary amides is 1. The first kappa shape index (κ1) is 58.9. The summed E-state index contributed by atoms with van der Waals surface area (Å²) >= 11 is 0. The van der Waals surface area contributed by atoms with E-state index in [-0.39, 0.29) is 46.5 Å². The standard InChI is InChI=1S/C47H69N11O14S3/c1-6-23(4)38-44(69)51-17-36(63)52-32-21-75(71)46-28-15-31(41(66)50-18-37(64)56-38)54-45(70)39(24(5)34(61)20-59)57-43(68)33-13-25(60)19-58(33)47(9-11-73-74-12-10-49-22(2)3,40(65)30(16-35(48)62)53-42(32)67)72-26-7-8-27(28)29(14-26)55-46/h7-8,14,22-25,30-34,38-39,49,55,59-61H,6,9-13,15-21H2,1-5H3,(H2,48,62)(H,50,66)(H,51,69)(H,52,63)(H,53,67)(H,54,70)(H,56,64)(H,57,68)/t23-,24-,25+,30-,31-,32?,33-,34-,38-,39-,47?,75-/m0/s1. The fraction of sp³-hybridized carbons (Fsp3) is 0.638. The smallest absolute Gasteiger partial charge is 0.244 e. The van der Waals surface area contributed by atoms with Crippen LogP contribution in [0.15, 0.2) is 23.2 Å². The number of carbonyl (C=O) groups is 9. The molecule has 8 bridgehead atoms. The third-order valence-corrected chi connectivity index (χ3v) is 17.6. The Labute approximate surface area is 443 Å². The van der Waals surface area contributed by atoms with E-state index in [0.29, 0.717) is 24.1 Å². The van der Waals surface area contributed by atoms with Gasteiger partial charge in [0.15, 0.2) is 0 Å². The zero-order valence-electron chi connectivity index (χ0n) is 42.4. The van der Waals surface area contributed by atoms with Crippen molar-refractivity contribution in [2.24, 2.45) is 17.6 Å². The first-order chi connectivity index (χ1) is 35.6. The molecular weight excluding hydrogens is 1040 g/mol. The molecule has 28 heteroatoms. The molecule has 14 N–H and O–H groups in total. The second-order valence-corrected chi connectivity index (χ2v) is 23.7. The first-order valence-electron chi connectivity index (χ1n) is 24.9. The summed E-state index contributed by atoms with van der Waals surface area (Å²) < 4.78 is 21.8. The van der Waals surface area contributed by atoms with Crippen LogP contribution in [0.4, 0.5) is 0 Å². The lowest BCUT2D eigenvalue weighted by atomic mass is 9.92. The average Bonchev–Trinajstić information content (AvgIpc) is 3.94. The number of H-pyrrole nitrogens is 1. The van der Waals surface area contributed by atoms with E-state index in [2.05, 4.69) is 47.5 Å². The normalized spacial score (nSPS) is 28.9. The summed E-state index contributed by atoms with van der Waals surface area (Å²) in [4.78, 5) is 133. The third-order valence-electron chi connectivity index (χ3n) is 13.7. The monoisotopic (exact) mass is 1110 g/mol. The Balaban J connectivity index is 1.64. The van der Waals surface area contributed by atoms with Gasteiger partial charge in [0.05, 0.1) is 66.4 Å². The molecule has 75 heavy (non-hydrogen) atoms. The molecule has 1 saturated heterocycles. The largest absolute Gasteiger partial charge is 0.465 e. The topological polar surface area (TPSA) is 382 Å². The molecule has 2 aromatic rings. The van der Waals surface area contributed by atoms with E-state index in [1.165, 1.54) is 51.6 Å². The Morgan fingerprint density at radius 1 is 0.893 bits per heavy atom. The molecule has 5 aliphatic heterocycles. The second kappa shape index (κ2) is 26.1. The van der Waals surface area contributed by atoms with E-state index < -0.39 is 175 Å². The number of aromatic nitrogens is 1. The highest BCUT2D eigenvalue weighted by Crippen LogP contribution is 2.39. The van der Waals surface area contributed by atoms with Crippen molar-refractivity contribution in [1.29, 1.82) is 0 Å². The highest BCUT2D eigenvalue weighted by Gasteiger charge is 2.57. The summed E-state index contributed by atoms with van der Waals surface area (Å²) in [6.45, 7) is 6.61. The number of aromatic amines is 1. The number of nitrogens with two attached hydrogens (primary N) is 1. The fourth-order valence-corrected chi connectivity index (χ4v) is 12.8. The van der Waals surface area contributed by atoms with Crippen LogP contribution in [0, 0.1) is 11.8 Å². The van der Waals surface area contributed by atoms with Gasteiger partial charge in [0.1, 0.15) is 41.0 Å². The summed E-state index contributed by atoms with van der Waals surface area (Å²) in [7, 11) is 0.464. The summed E-state index contributed by atoms with van der Waals surface area (Å²) in [6.07, 6.45) is -4.61. The van der Waals surface area contributed by atoms with Gasteiger partial charge in [-0.1, -0.05) is 62.6 Å². The SMILES string of the molecule is CC[C@H](C)[C@@H]1NC(=O)CNC(=O)[C@@H]2Cc3c4[nH]c5cc(ccc35)OC(CCSSCCNC(C)C)(C(=O)[C@H](CC(N)=O)NC(=O)C(C[S@@]4=O)NC(=O)CNC1=O)N1C[C@H](O)C[C@H]1C(=O)N[C@@H]([C@@H](C)[C@@H](O)CO)C(=O)N2. The van der Waals surface area contributed by atoms with Crippen molar-refractivity contribution in [2.75, 3.05) is 50.0 Å². The van der Waals surface area contributed by atoms with Crippen LogP contribution >= 0.6 is 21.6 Å². The molecule has 5 aliphatic rings. The van der Waals surface area contributed by atoms with Crippen molar-refractivity contribution in [1.82, 2.24) is 52.4 Å². The summed E-state index contributed by atoms with van der Waals surface area (Å²) in [6, 6.07) is -5.20. The van der Waals surface area contributed by atoms with Crippen molar-refractivity contribution in [2.45, 2.75) is 132 Å². The highest BCUT2D eigenvalue weighted by atomic mass is 33.1. The number of fused-ring (bicyclic) bond motifs is 7. The number of aliphatic hydroxyl groups excluding tert-OH is 3. The number of Topliss-reactive ketones (excluding diaryl/α,β-unsaturated/α-hetero) is 1. The molecule has 0 radical (unpaired) electrons. The Morgan fingerprint density at radius 2 is 1.59 bits per heavy atom. The highest BCUT2D eigenvalue weighted by molar-refractivity contribution is 8.76. The molecule has 0 saturated carbocycles. The lowest BCUT2D eigenvalue weighted by Crippen LogP contribution is -2.68. The van der Waals surface area contributed by atoms with E-state index in [1.54, 1.807) is 13.8 Å². The molecule has 2 unspecified atom stereocenters. The molecule has 1 aromatic carbocycles. The zero-order chi connectivity index (χ0) is 54.9. The van der Waals surface area contributed by atoms with Crippen LogP contribution in [0.3, 0.4) is 0 Å². The Bertz CT molecular complexity index is 2520. The molecule has 1 fully saturated rings. The first-order valence-corrected chi connectivity index (χ1v) is 28.7. The molecule has 0 spiro atoms. The van der Waals surface area contributed by atoms with Gasteiger partial charge in [-0.25, -0.2) is 4.90 Å². The number of hydrogen-bond acceptors (Lipinski definition) is 18. The summed E-state index contributed by atoms with van der Waals surface area (Å²) in [5, 5.41) is 54.0. The predicted molar refractivity (Wildman–Crippen MR) is 277 cm³/mol. The molecule has 12 atom stereocenters. The van der Waals surface area contributed by atoms with Crippen LogP contribution in [0.5, 0.6) is 5.75 Å². The minimum Gasteiger partial charge on any atom is -0.465 e. The van der Waals surface area contributed by atoms with Gasteiger partial charge < -0.3 is 73.3 Å². The molecule has 0 aliphatic carbocycles. The predicted octanol–water partition coefficient (Wildman–Crippen LogP) is -3.73. The molecule has 8 amide bonds. The van der Waals surface area contributed by atoms with Crippen LogP contribution in [0.25, 0.3) is 10.9 Å². The van der Waals surface area contributed by atoms with Crippen molar-refractivity contribution in [3.8, 4) is 5.75 Å². The number of ketones is 1. The number of amides is 8. The Kier molecular flexibility index (Phi) is 20.5. The van der Waals surface area contributed by atoms with Crippen molar-refractivity contribution in [3.63, 3.8) is 0 Å². The van der Waals surface area contributed by atoms with Gasteiger partial charge in [-0.15, -0.1) is 0 Å². The number of hydrogen-bond donors (Lipinski definition) is 13. The lowest BCUT2D eigenvalue weighted by Gasteiger charge is -2.44. The van der Waals surface area contributed by atoms with Gasteiger partial charge in [-0.3, -0.25) is 47.4 Å². The van der Waals surface area contributed by atoms with Gasteiger partial charge in [0, 0.05) is 60.8 Å². The van der Waals surface area contributed by atoms with Crippen LogP contribution in [0.1, 0.15) is 65.9 Å². The van der Waals surface area contributed by atoms with Gasteiger partial charge in [-0.05, 0) is 30.0 Å². The molecule has 414 valence electrons. The van der Waals surface area contributed by atoms with Crippen molar-refractivity contribution >= 4 is 96.3 Å². The van der Waals surface area contributed by atoms with E-state index >= 15 is 9.59 Å². The fourth-order valence-electron chi connectivity index (χ4n) is 9.44. The summed E-state index contributed by atoms with van der Waals surface area (Å²) in [5.74, 6) is -10.6. The number of benzene rings is 1. The molecule has 6 heterocycles. The maximum Gasteiger partial charge on any atom is 0.244 e.